The van der Waals surface area contributed by atoms with E-state index in [0.717, 1.165) is 0 Å². The largest absolute Gasteiger partial charge is 0.497 e. The normalized spacial score (nSPS) is 10.4. The van der Waals surface area contributed by atoms with Crippen molar-refractivity contribution in [1.82, 2.24) is 0 Å². The highest BCUT2D eigenvalue weighted by Gasteiger charge is 2.00. The van der Waals surface area contributed by atoms with Gasteiger partial charge in [-0.25, -0.2) is 4.39 Å². The molecule has 0 saturated carbocycles. The molecular weight excluding hydrogens is 171 g/mol. The number of methoxy groups -OCH3 is 2. The van der Waals surface area contributed by atoms with E-state index < -0.39 is 0 Å². The summed E-state index contributed by atoms with van der Waals surface area (Å²) in [5, 5.41) is 0. The number of halogens is 1. The number of benzene rings is 1. The maximum absolute atomic E-state index is 12.0. The molecule has 1 aromatic rings. The summed E-state index contributed by atoms with van der Waals surface area (Å²) in [6.45, 7) is 0. The van der Waals surface area contributed by atoms with Gasteiger partial charge in [-0.2, -0.15) is 0 Å². The molecule has 0 aliphatic heterocycles. The molecule has 0 spiro atoms. The Hall–Kier alpha value is -1.51. The zero-order chi connectivity index (χ0) is 9.68. The predicted octanol–water partition coefficient (Wildman–Crippen LogP) is 2.64. The molecule has 0 N–H and O–H groups in total. The predicted molar refractivity (Wildman–Crippen MR) is 49.7 cm³/mol. The van der Waals surface area contributed by atoms with Crippen molar-refractivity contribution in [3.8, 4) is 11.5 Å². The minimum Gasteiger partial charge on any atom is -0.497 e. The van der Waals surface area contributed by atoms with Gasteiger partial charge in [0, 0.05) is 5.56 Å². The lowest BCUT2D eigenvalue weighted by molar-refractivity contribution is 0.402. The van der Waals surface area contributed by atoms with E-state index in [1.54, 1.807) is 25.3 Å². The Labute approximate surface area is 76.6 Å². The maximum atomic E-state index is 12.0. The van der Waals surface area contributed by atoms with Gasteiger partial charge in [0.25, 0.3) is 0 Å². The van der Waals surface area contributed by atoms with Gasteiger partial charge in [-0.1, -0.05) is 0 Å². The highest BCUT2D eigenvalue weighted by atomic mass is 19.1. The van der Waals surface area contributed by atoms with Crippen LogP contribution < -0.4 is 9.47 Å². The Morgan fingerprint density at radius 1 is 1.23 bits per heavy atom. The lowest BCUT2D eigenvalue weighted by Gasteiger charge is -2.06. The molecule has 0 aliphatic carbocycles. The zero-order valence-electron chi connectivity index (χ0n) is 7.58. The minimum atomic E-state index is 0.470. The molecule has 2 nitrogen and oxygen atoms in total. The van der Waals surface area contributed by atoms with Crippen LogP contribution in [-0.4, -0.2) is 14.2 Å². The summed E-state index contributed by atoms with van der Waals surface area (Å²) >= 11 is 0. The van der Waals surface area contributed by atoms with Gasteiger partial charge >= 0.3 is 0 Å². The molecule has 0 saturated heterocycles. The van der Waals surface area contributed by atoms with Gasteiger partial charge < -0.3 is 9.47 Å². The van der Waals surface area contributed by atoms with Crippen LogP contribution in [0, 0.1) is 0 Å². The topological polar surface area (TPSA) is 18.5 Å². The quantitative estimate of drug-likeness (QED) is 0.715. The molecule has 1 aromatic carbocycles. The van der Waals surface area contributed by atoms with Crippen molar-refractivity contribution in [2.75, 3.05) is 14.2 Å². The van der Waals surface area contributed by atoms with Gasteiger partial charge in [0.15, 0.2) is 0 Å². The fourth-order valence-electron chi connectivity index (χ4n) is 1.04. The molecule has 0 radical (unpaired) electrons. The Bertz CT molecular complexity index is 308. The Kier molecular flexibility index (Phi) is 3.31. The van der Waals surface area contributed by atoms with E-state index in [1.807, 2.05) is 0 Å². The summed E-state index contributed by atoms with van der Waals surface area (Å²) in [6, 6.07) is 5.19. The first kappa shape index (κ1) is 9.58. The molecule has 0 amide bonds. The lowest BCUT2D eigenvalue weighted by Crippen LogP contribution is -1.88. The molecule has 0 unspecified atom stereocenters. The van der Waals surface area contributed by atoms with E-state index in [-0.39, 0.29) is 0 Å². The number of hydrogen-bond donors (Lipinski definition) is 0. The van der Waals surface area contributed by atoms with Crippen molar-refractivity contribution in [2.24, 2.45) is 0 Å². The minimum absolute atomic E-state index is 0.470. The van der Waals surface area contributed by atoms with Crippen molar-refractivity contribution >= 4 is 6.08 Å². The van der Waals surface area contributed by atoms with Gasteiger partial charge in [-0.05, 0) is 24.3 Å². The first-order valence-corrected chi connectivity index (χ1v) is 3.80. The SMILES string of the molecule is COc1ccc(OC)c(/C=C\F)c1. The highest BCUT2D eigenvalue weighted by molar-refractivity contribution is 5.58. The van der Waals surface area contributed by atoms with E-state index >= 15 is 0 Å². The molecular formula is C10H11FO2. The van der Waals surface area contributed by atoms with Crippen molar-refractivity contribution in [2.45, 2.75) is 0 Å². The smallest absolute Gasteiger partial charge is 0.126 e. The van der Waals surface area contributed by atoms with E-state index in [1.165, 1.54) is 13.2 Å². The average molecular weight is 182 g/mol. The molecule has 0 aliphatic rings. The third-order valence-electron chi connectivity index (χ3n) is 1.68. The monoisotopic (exact) mass is 182 g/mol. The van der Waals surface area contributed by atoms with Gasteiger partial charge in [0.2, 0.25) is 0 Å². The second-order valence-electron chi connectivity index (χ2n) is 2.40. The summed E-state index contributed by atoms with van der Waals surface area (Å²) in [4.78, 5) is 0. The molecule has 0 fully saturated rings. The third-order valence-corrected chi connectivity index (χ3v) is 1.68. The number of ether oxygens (including phenoxy) is 2. The summed E-state index contributed by atoms with van der Waals surface area (Å²) in [6.07, 6.45) is 1.79. The van der Waals surface area contributed by atoms with Gasteiger partial charge in [0.1, 0.15) is 11.5 Å². The first-order valence-electron chi connectivity index (χ1n) is 3.80. The molecule has 1 rings (SSSR count). The molecule has 0 atom stereocenters. The van der Waals surface area contributed by atoms with Gasteiger partial charge in [0.05, 0.1) is 20.5 Å². The molecule has 0 heterocycles. The molecule has 0 bridgehead atoms. The zero-order valence-corrected chi connectivity index (χ0v) is 7.58. The van der Waals surface area contributed by atoms with Crippen LogP contribution in [0.15, 0.2) is 24.5 Å². The summed E-state index contributed by atoms with van der Waals surface area (Å²) in [5.41, 5.74) is 0.657. The van der Waals surface area contributed by atoms with Crippen molar-refractivity contribution in [1.29, 1.82) is 0 Å². The second kappa shape index (κ2) is 4.50. The first-order chi connectivity index (χ1) is 6.31. The van der Waals surface area contributed by atoms with Crippen molar-refractivity contribution < 1.29 is 13.9 Å². The third kappa shape index (κ3) is 2.21. The standard InChI is InChI=1S/C10H11FO2/c1-12-9-3-4-10(13-2)8(7-9)5-6-11/h3-7H,1-2H3/b6-5-. The van der Waals surface area contributed by atoms with E-state index in [9.17, 15) is 4.39 Å². The summed E-state index contributed by atoms with van der Waals surface area (Å²) in [5.74, 6) is 1.30. The van der Waals surface area contributed by atoms with Gasteiger partial charge in [-0.15, -0.1) is 0 Å². The Morgan fingerprint density at radius 2 is 2.00 bits per heavy atom. The van der Waals surface area contributed by atoms with Crippen LogP contribution in [0.25, 0.3) is 6.08 Å². The molecule has 70 valence electrons. The van der Waals surface area contributed by atoms with E-state index in [4.69, 9.17) is 9.47 Å². The fourth-order valence-corrected chi connectivity index (χ4v) is 1.04. The van der Waals surface area contributed by atoms with E-state index in [0.29, 0.717) is 23.4 Å². The Balaban J connectivity index is 3.09. The van der Waals surface area contributed by atoms with E-state index in [2.05, 4.69) is 0 Å². The number of rotatable bonds is 3. The Morgan fingerprint density at radius 3 is 2.54 bits per heavy atom. The van der Waals surface area contributed by atoms with Crippen LogP contribution >= 0.6 is 0 Å². The fraction of sp³-hybridized carbons (Fsp3) is 0.200. The lowest BCUT2D eigenvalue weighted by atomic mass is 10.2. The summed E-state index contributed by atoms with van der Waals surface area (Å²) < 4.78 is 22.0. The molecule has 13 heavy (non-hydrogen) atoms. The van der Waals surface area contributed by atoms with Crippen LogP contribution in [0.5, 0.6) is 11.5 Å². The van der Waals surface area contributed by atoms with Crippen molar-refractivity contribution in [3.05, 3.63) is 30.1 Å². The van der Waals surface area contributed by atoms with Gasteiger partial charge in [-0.3, -0.25) is 0 Å². The molecule has 3 heteroatoms. The van der Waals surface area contributed by atoms with Crippen LogP contribution in [-0.2, 0) is 0 Å². The maximum Gasteiger partial charge on any atom is 0.126 e. The van der Waals surface area contributed by atoms with Crippen LogP contribution in [0.2, 0.25) is 0 Å². The van der Waals surface area contributed by atoms with Crippen LogP contribution in [0.4, 0.5) is 4.39 Å². The average Bonchev–Trinajstić information content (AvgIpc) is 2.18. The van der Waals surface area contributed by atoms with Crippen molar-refractivity contribution in [3.63, 3.8) is 0 Å². The van der Waals surface area contributed by atoms with Crippen LogP contribution in [0.1, 0.15) is 5.56 Å². The van der Waals surface area contributed by atoms with Crippen LogP contribution in [0.3, 0.4) is 0 Å². The second-order valence-corrected chi connectivity index (χ2v) is 2.40. The highest BCUT2D eigenvalue weighted by Crippen LogP contribution is 2.24. The summed E-state index contributed by atoms with van der Waals surface area (Å²) in [7, 11) is 3.10. The number of hydrogen-bond acceptors (Lipinski definition) is 2. The molecule has 0 aromatic heterocycles.